The number of methoxy groups -OCH3 is 1. The van der Waals surface area contributed by atoms with Gasteiger partial charge >= 0.3 is 5.69 Å². The van der Waals surface area contributed by atoms with E-state index in [-0.39, 0.29) is 17.8 Å². The van der Waals surface area contributed by atoms with Gasteiger partial charge in [0.25, 0.3) is 0 Å². The molecule has 3 aromatic rings. The molecule has 0 radical (unpaired) electrons. The number of halogens is 1. The van der Waals surface area contributed by atoms with Gasteiger partial charge in [-0.2, -0.15) is 5.10 Å². The van der Waals surface area contributed by atoms with Crippen molar-refractivity contribution < 1.29 is 4.74 Å². The molecular formula is C22H26IN5O2. The van der Waals surface area contributed by atoms with E-state index in [4.69, 9.17) is 4.74 Å². The largest absolute Gasteiger partial charge is 0.496 e. The van der Waals surface area contributed by atoms with Crippen molar-refractivity contribution in [1.82, 2.24) is 25.4 Å². The Morgan fingerprint density at radius 2 is 2.10 bits per heavy atom. The van der Waals surface area contributed by atoms with E-state index in [2.05, 4.69) is 84.4 Å². The highest BCUT2D eigenvalue weighted by atomic mass is 127. The van der Waals surface area contributed by atoms with Crippen LogP contribution in [-0.2, 0) is 13.1 Å². The fraction of sp³-hybridized carbons (Fsp3) is 0.364. The lowest BCUT2D eigenvalue weighted by atomic mass is 9.90. The Balaban J connectivity index is 1.57. The minimum absolute atomic E-state index is 0.189. The molecule has 0 bridgehead atoms. The second-order valence-electron chi connectivity index (χ2n) is 7.54. The van der Waals surface area contributed by atoms with Gasteiger partial charge in [-0.3, -0.25) is 9.88 Å². The first kappa shape index (κ1) is 21.1. The quantitative estimate of drug-likeness (QED) is 0.418. The summed E-state index contributed by atoms with van der Waals surface area (Å²) in [7, 11) is 1.71. The van der Waals surface area contributed by atoms with Gasteiger partial charge in [0.1, 0.15) is 11.6 Å². The molecule has 7 nitrogen and oxygen atoms in total. The van der Waals surface area contributed by atoms with Gasteiger partial charge in [0.2, 0.25) is 0 Å². The number of ether oxygens (including phenoxy) is 1. The molecule has 2 heterocycles. The molecule has 8 heteroatoms. The van der Waals surface area contributed by atoms with Gasteiger partial charge in [0.05, 0.1) is 19.7 Å². The maximum absolute atomic E-state index is 11.5. The summed E-state index contributed by atoms with van der Waals surface area (Å²) in [5.74, 6) is 1.57. The third kappa shape index (κ3) is 4.93. The summed E-state index contributed by atoms with van der Waals surface area (Å²) < 4.78 is 6.75. The summed E-state index contributed by atoms with van der Waals surface area (Å²) in [5, 5.41) is 10.4. The maximum Gasteiger partial charge on any atom is 0.340 e. The van der Waals surface area contributed by atoms with E-state index in [1.165, 1.54) is 9.13 Å². The lowest BCUT2D eigenvalue weighted by Gasteiger charge is -2.42. The molecule has 0 saturated carbocycles. The normalized spacial score (nSPS) is 19.7. The molecule has 1 aliphatic heterocycles. The van der Waals surface area contributed by atoms with Crippen molar-refractivity contribution in [2.24, 2.45) is 0 Å². The molecule has 1 fully saturated rings. The fourth-order valence-corrected chi connectivity index (χ4v) is 4.80. The highest BCUT2D eigenvalue weighted by Gasteiger charge is 2.33. The SMILES string of the molecule is COc1ccc(I)cc1CN[C@H]1CCCN(Cc2n[nH]c(=O)[nH]2)[C@H]1c1ccccc1. The summed E-state index contributed by atoms with van der Waals surface area (Å²) in [4.78, 5) is 16.7. The Labute approximate surface area is 189 Å². The zero-order chi connectivity index (χ0) is 20.9. The molecule has 2 atom stereocenters. The Bertz CT molecular complexity index is 1020. The molecule has 1 aliphatic rings. The highest BCUT2D eigenvalue weighted by molar-refractivity contribution is 14.1. The number of H-pyrrole nitrogens is 2. The van der Waals surface area contributed by atoms with Gasteiger partial charge in [-0.25, -0.2) is 9.89 Å². The van der Waals surface area contributed by atoms with Crippen LogP contribution in [0.5, 0.6) is 5.75 Å². The van der Waals surface area contributed by atoms with Gasteiger partial charge in [-0.1, -0.05) is 30.3 Å². The van der Waals surface area contributed by atoms with Crippen LogP contribution in [0.15, 0.2) is 53.3 Å². The molecule has 4 rings (SSSR count). The van der Waals surface area contributed by atoms with Crippen molar-refractivity contribution in [1.29, 1.82) is 0 Å². The Kier molecular flexibility index (Phi) is 6.86. The first-order chi connectivity index (χ1) is 14.6. The number of nitrogens with one attached hydrogen (secondary N) is 3. The molecule has 30 heavy (non-hydrogen) atoms. The van der Waals surface area contributed by atoms with Crippen LogP contribution < -0.4 is 15.7 Å². The molecule has 0 amide bonds. The summed E-state index contributed by atoms with van der Waals surface area (Å²) in [6.45, 7) is 2.29. The summed E-state index contributed by atoms with van der Waals surface area (Å²) in [6.07, 6.45) is 2.17. The number of piperidine rings is 1. The number of likely N-dealkylation sites (tertiary alicyclic amines) is 1. The average molecular weight is 519 g/mol. The van der Waals surface area contributed by atoms with Crippen LogP contribution in [0.25, 0.3) is 0 Å². The second kappa shape index (κ2) is 9.76. The van der Waals surface area contributed by atoms with Crippen molar-refractivity contribution in [2.45, 2.75) is 38.0 Å². The van der Waals surface area contributed by atoms with E-state index in [0.29, 0.717) is 12.4 Å². The summed E-state index contributed by atoms with van der Waals surface area (Å²) in [5.41, 5.74) is 2.16. The third-order valence-electron chi connectivity index (χ3n) is 5.58. The van der Waals surface area contributed by atoms with Crippen molar-refractivity contribution in [3.63, 3.8) is 0 Å². The standard InChI is InChI=1S/C22H26IN5O2/c1-30-19-10-9-17(23)12-16(19)13-24-18-8-5-11-28(14-20-25-22(29)27-26-20)21(18)15-6-3-2-4-7-15/h2-4,6-7,9-10,12,18,21,24H,5,8,11,13-14H2,1H3,(H2,25,26,27,29)/t18-,21-/m0/s1. The van der Waals surface area contributed by atoms with Crippen molar-refractivity contribution in [3.05, 3.63) is 79.5 Å². The van der Waals surface area contributed by atoms with Crippen LogP contribution in [-0.4, -0.2) is 39.8 Å². The van der Waals surface area contributed by atoms with E-state index in [1.54, 1.807) is 7.11 Å². The lowest BCUT2D eigenvalue weighted by molar-refractivity contribution is 0.100. The van der Waals surface area contributed by atoms with Crippen LogP contribution in [0.2, 0.25) is 0 Å². The molecule has 158 valence electrons. The van der Waals surface area contributed by atoms with Gasteiger partial charge in [-0.15, -0.1) is 0 Å². The second-order valence-corrected chi connectivity index (χ2v) is 8.78. The first-order valence-electron chi connectivity index (χ1n) is 10.1. The zero-order valence-corrected chi connectivity index (χ0v) is 19.1. The minimum Gasteiger partial charge on any atom is -0.496 e. The van der Waals surface area contributed by atoms with Gasteiger partial charge in [0, 0.05) is 21.7 Å². The van der Waals surface area contributed by atoms with Gasteiger partial charge < -0.3 is 10.1 Å². The monoisotopic (exact) mass is 519 g/mol. The van der Waals surface area contributed by atoms with Crippen molar-refractivity contribution in [2.75, 3.05) is 13.7 Å². The molecule has 0 aliphatic carbocycles. The average Bonchev–Trinajstić information content (AvgIpc) is 3.17. The summed E-state index contributed by atoms with van der Waals surface area (Å²) in [6, 6.07) is 17.3. The Hall–Kier alpha value is -2.17. The number of hydrogen-bond donors (Lipinski definition) is 3. The number of nitrogens with zero attached hydrogens (tertiary/aromatic N) is 2. The molecule has 2 aromatic carbocycles. The van der Waals surface area contributed by atoms with Gasteiger partial charge in [-0.05, 0) is 65.7 Å². The Morgan fingerprint density at radius 1 is 1.27 bits per heavy atom. The zero-order valence-electron chi connectivity index (χ0n) is 16.9. The topological polar surface area (TPSA) is 86.0 Å². The van der Waals surface area contributed by atoms with E-state index in [0.717, 1.165) is 37.2 Å². The lowest BCUT2D eigenvalue weighted by Crippen LogP contribution is -2.47. The van der Waals surface area contributed by atoms with Crippen LogP contribution in [0.4, 0.5) is 0 Å². The third-order valence-corrected chi connectivity index (χ3v) is 6.25. The predicted molar refractivity (Wildman–Crippen MR) is 124 cm³/mol. The molecule has 0 unspecified atom stereocenters. The molecule has 1 saturated heterocycles. The highest BCUT2D eigenvalue weighted by Crippen LogP contribution is 2.33. The van der Waals surface area contributed by atoms with Crippen LogP contribution >= 0.6 is 22.6 Å². The number of hydrogen-bond acceptors (Lipinski definition) is 5. The van der Waals surface area contributed by atoms with Crippen LogP contribution in [0.1, 0.15) is 35.8 Å². The molecule has 3 N–H and O–H groups in total. The van der Waals surface area contributed by atoms with Crippen LogP contribution in [0, 0.1) is 3.57 Å². The number of aromatic amines is 2. The summed E-state index contributed by atoms with van der Waals surface area (Å²) >= 11 is 2.33. The van der Waals surface area contributed by atoms with E-state index in [9.17, 15) is 4.79 Å². The van der Waals surface area contributed by atoms with Gasteiger partial charge in [0.15, 0.2) is 0 Å². The van der Waals surface area contributed by atoms with Crippen molar-refractivity contribution in [3.8, 4) is 5.75 Å². The fourth-order valence-electron chi connectivity index (χ4n) is 4.25. The molecule has 0 spiro atoms. The molecule has 1 aromatic heterocycles. The Morgan fingerprint density at radius 3 is 2.83 bits per heavy atom. The smallest absolute Gasteiger partial charge is 0.340 e. The molecular weight excluding hydrogens is 493 g/mol. The van der Waals surface area contributed by atoms with Crippen molar-refractivity contribution >= 4 is 22.6 Å². The maximum atomic E-state index is 11.5. The van der Waals surface area contributed by atoms with Crippen LogP contribution in [0.3, 0.4) is 0 Å². The van der Waals surface area contributed by atoms with E-state index in [1.807, 2.05) is 12.1 Å². The van der Waals surface area contributed by atoms with E-state index < -0.39 is 0 Å². The predicted octanol–water partition coefficient (Wildman–Crippen LogP) is 3.21. The minimum atomic E-state index is -0.265. The van der Waals surface area contributed by atoms with E-state index >= 15 is 0 Å². The number of benzene rings is 2. The number of aromatic nitrogens is 3. The first-order valence-corrected chi connectivity index (χ1v) is 11.2. The number of rotatable bonds is 7.